The fraction of sp³-hybridized carbons (Fsp3) is 0.500. The van der Waals surface area contributed by atoms with E-state index in [4.69, 9.17) is 5.11 Å². The standard InChI is InChI=1S/C12H16FNO/c13-12-4-2-1-3-11(12)10-5-9(8-15)6-14-7-10/h1-4,9-10,14-15H,5-8H2. The Morgan fingerprint density at radius 2 is 2.13 bits per heavy atom. The zero-order valence-corrected chi connectivity index (χ0v) is 8.62. The Labute approximate surface area is 89.1 Å². The van der Waals surface area contributed by atoms with Gasteiger partial charge in [-0.25, -0.2) is 4.39 Å². The first kappa shape index (κ1) is 10.6. The molecule has 1 saturated heterocycles. The monoisotopic (exact) mass is 209 g/mol. The number of piperidine rings is 1. The molecule has 0 aromatic heterocycles. The Morgan fingerprint density at radius 1 is 1.33 bits per heavy atom. The van der Waals surface area contributed by atoms with Crippen LogP contribution in [0, 0.1) is 11.7 Å². The average molecular weight is 209 g/mol. The summed E-state index contributed by atoms with van der Waals surface area (Å²) in [6.07, 6.45) is 0.866. The molecule has 3 heteroatoms. The van der Waals surface area contributed by atoms with Gasteiger partial charge < -0.3 is 10.4 Å². The predicted octanol–water partition coefficient (Wildman–Crippen LogP) is 1.51. The minimum Gasteiger partial charge on any atom is -0.396 e. The third-order valence-corrected chi connectivity index (χ3v) is 3.04. The van der Waals surface area contributed by atoms with Crippen LogP contribution < -0.4 is 5.32 Å². The maximum atomic E-state index is 13.5. The van der Waals surface area contributed by atoms with Gasteiger partial charge in [0.05, 0.1) is 0 Å². The van der Waals surface area contributed by atoms with E-state index in [9.17, 15) is 4.39 Å². The summed E-state index contributed by atoms with van der Waals surface area (Å²) in [5.41, 5.74) is 0.767. The molecule has 0 radical (unpaired) electrons. The van der Waals surface area contributed by atoms with E-state index in [0.29, 0.717) is 0 Å². The van der Waals surface area contributed by atoms with Crippen LogP contribution in [-0.2, 0) is 0 Å². The van der Waals surface area contributed by atoms with E-state index in [2.05, 4.69) is 5.32 Å². The van der Waals surface area contributed by atoms with E-state index in [1.807, 2.05) is 12.1 Å². The van der Waals surface area contributed by atoms with Crippen molar-refractivity contribution in [3.8, 4) is 0 Å². The van der Waals surface area contributed by atoms with E-state index in [1.165, 1.54) is 6.07 Å². The molecule has 1 aliphatic rings. The smallest absolute Gasteiger partial charge is 0.126 e. The largest absolute Gasteiger partial charge is 0.396 e. The highest BCUT2D eigenvalue weighted by atomic mass is 19.1. The van der Waals surface area contributed by atoms with Crippen molar-refractivity contribution in [2.75, 3.05) is 19.7 Å². The summed E-state index contributed by atoms with van der Waals surface area (Å²) in [6.45, 7) is 1.82. The van der Waals surface area contributed by atoms with Gasteiger partial charge in [-0.3, -0.25) is 0 Å². The van der Waals surface area contributed by atoms with Crippen LogP contribution in [0.2, 0.25) is 0 Å². The fourth-order valence-electron chi connectivity index (χ4n) is 2.21. The summed E-state index contributed by atoms with van der Waals surface area (Å²) < 4.78 is 13.5. The number of hydrogen-bond acceptors (Lipinski definition) is 2. The Kier molecular flexibility index (Phi) is 3.34. The number of halogens is 1. The number of hydrogen-bond donors (Lipinski definition) is 2. The molecule has 2 unspecified atom stereocenters. The lowest BCUT2D eigenvalue weighted by Crippen LogP contribution is -2.36. The van der Waals surface area contributed by atoms with Crippen molar-refractivity contribution in [3.63, 3.8) is 0 Å². The molecular formula is C12H16FNO. The highest BCUT2D eigenvalue weighted by Crippen LogP contribution is 2.27. The summed E-state index contributed by atoms with van der Waals surface area (Å²) in [6, 6.07) is 6.90. The number of benzene rings is 1. The third-order valence-electron chi connectivity index (χ3n) is 3.04. The van der Waals surface area contributed by atoms with Crippen molar-refractivity contribution < 1.29 is 9.50 Å². The van der Waals surface area contributed by atoms with Crippen LogP contribution in [0.25, 0.3) is 0 Å². The second-order valence-electron chi connectivity index (χ2n) is 4.16. The van der Waals surface area contributed by atoms with Crippen LogP contribution in [-0.4, -0.2) is 24.8 Å². The third kappa shape index (κ3) is 2.36. The molecule has 1 aromatic carbocycles. The Balaban J connectivity index is 2.13. The van der Waals surface area contributed by atoms with Gasteiger partial charge in [-0.15, -0.1) is 0 Å². The number of aliphatic hydroxyl groups excluding tert-OH is 1. The number of rotatable bonds is 2. The maximum Gasteiger partial charge on any atom is 0.126 e. The van der Waals surface area contributed by atoms with Gasteiger partial charge >= 0.3 is 0 Å². The van der Waals surface area contributed by atoms with Gasteiger partial charge in [0.25, 0.3) is 0 Å². The topological polar surface area (TPSA) is 32.3 Å². The van der Waals surface area contributed by atoms with Crippen LogP contribution in [0.3, 0.4) is 0 Å². The van der Waals surface area contributed by atoms with Crippen molar-refractivity contribution in [2.45, 2.75) is 12.3 Å². The second-order valence-corrected chi connectivity index (χ2v) is 4.16. The van der Waals surface area contributed by atoms with Crippen LogP contribution >= 0.6 is 0 Å². The normalized spacial score (nSPS) is 26.5. The molecule has 2 nitrogen and oxygen atoms in total. The molecule has 1 aromatic rings. The highest BCUT2D eigenvalue weighted by Gasteiger charge is 2.23. The number of aliphatic hydroxyl groups is 1. The molecule has 2 atom stereocenters. The lowest BCUT2D eigenvalue weighted by Gasteiger charge is -2.29. The summed E-state index contributed by atoms with van der Waals surface area (Å²) in [7, 11) is 0. The lowest BCUT2D eigenvalue weighted by molar-refractivity contribution is 0.189. The molecular weight excluding hydrogens is 193 g/mol. The highest BCUT2D eigenvalue weighted by molar-refractivity contribution is 5.22. The number of nitrogens with one attached hydrogen (secondary N) is 1. The van der Waals surface area contributed by atoms with Crippen molar-refractivity contribution in [3.05, 3.63) is 35.6 Å². The molecule has 2 rings (SSSR count). The molecule has 1 fully saturated rings. The van der Waals surface area contributed by atoms with Crippen molar-refractivity contribution >= 4 is 0 Å². The van der Waals surface area contributed by atoms with Crippen molar-refractivity contribution in [1.82, 2.24) is 5.32 Å². The Bertz CT molecular complexity index is 329. The average Bonchev–Trinajstić information content (AvgIpc) is 2.30. The lowest BCUT2D eigenvalue weighted by atomic mass is 9.86. The fourth-order valence-corrected chi connectivity index (χ4v) is 2.21. The zero-order valence-electron chi connectivity index (χ0n) is 8.62. The van der Waals surface area contributed by atoms with Crippen molar-refractivity contribution in [1.29, 1.82) is 0 Å². The molecule has 82 valence electrons. The van der Waals surface area contributed by atoms with E-state index in [1.54, 1.807) is 6.07 Å². The van der Waals surface area contributed by atoms with Crippen LogP contribution in [0.4, 0.5) is 4.39 Å². The predicted molar refractivity (Wildman–Crippen MR) is 57.2 cm³/mol. The summed E-state index contributed by atoms with van der Waals surface area (Å²) in [4.78, 5) is 0. The molecule has 1 heterocycles. The van der Waals surface area contributed by atoms with Gasteiger partial charge in [-0.2, -0.15) is 0 Å². The summed E-state index contributed by atoms with van der Waals surface area (Å²) >= 11 is 0. The van der Waals surface area contributed by atoms with E-state index in [0.717, 1.165) is 25.1 Å². The van der Waals surface area contributed by atoms with Crippen LogP contribution in [0.5, 0.6) is 0 Å². The Hall–Kier alpha value is -0.930. The molecule has 1 aliphatic heterocycles. The SMILES string of the molecule is OCC1CNCC(c2ccccc2F)C1. The summed E-state index contributed by atoms with van der Waals surface area (Å²) in [5.74, 6) is 0.309. The maximum absolute atomic E-state index is 13.5. The zero-order chi connectivity index (χ0) is 10.7. The van der Waals surface area contributed by atoms with E-state index < -0.39 is 0 Å². The first-order valence-electron chi connectivity index (χ1n) is 5.37. The van der Waals surface area contributed by atoms with E-state index >= 15 is 0 Å². The molecule has 0 amide bonds. The molecule has 0 spiro atoms. The van der Waals surface area contributed by atoms with Gasteiger partial charge in [0, 0.05) is 19.7 Å². The van der Waals surface area contributed by atoms with Gasteiger partial charge in [0.2, 0.25) is 0 Å². The summed E-state index contributed by atoms with van der Waals surface area (Å²) in [5, 5.41) is 12.3. The van der Waals surface area contributed by atoms with Crippen LogP contribution in [0.15, 0.2) is 24.3 Å². The molecule has 0 aliphatic carbocycles. The second kappa shape index (κ2) is 4.73. The first-order chi connectivity index (χ1) is 7.31. The van der Waals surface area contributed by atoms with Gasteiger partial charge in [0.15, 0.2) is 0 Å². The van der Waals surface area contributed by atoms with Crippen LogP contribution in [0.1, 0.15) is 17.9 Å². The first-order valence-corrected chi connectivity index (χ1v) is 5.37. The van der Waals surface area contributed by atoms with Crippen molar-refractivity contribution in [2.24, 2.45) is 5.92 Å². The molecule has 0 bridgehead atoms. The van der Waals surface area contributed by atoms with Gasteiger partial charge in [-0.05, 0) is 29.9 Å². The molecule has 0 saturated carbocycles. The molecule has 2 N–H and O–H groups in total. The van der Waals surface area contributed by atoms with E-state index in [-0.39, 0.29) is 24.3 Å². The van der Waals surface area contributed by atoms with Gasteiger partial charge in [0.1, 0.15) is 5.82 Å². The Morgan fingerprint density at radius 3 is 2.87 bits per heavy atom. The quantitative estimate of drug-likeness (QED) is 0.774. The molecule has 15 heavy (non-hydrogen) atoms. The van der Waals surface area contributed by atoms with Gasteiger partial charge in [-0.1, -0.05) is 18.2 Å². The minimum atomic E-state index is -0.136. The minimum absolute atomic E-state index is 0.136.